The standard InChI is InChI=1S/C17H16BrN5O3S/c1-11-4-3-5-19-16(11)23-10-12(9-20-23)17(24)21-14-6-13(18)7-15(8-14)22-27(2,25)26/h3-10,22H,1-2H3,(H,21,24). The van der Waals surface area contributed by atoms with Gasteiger partial charge in [-0.05, 0) is 36.8 Å². The number of aromatic nitrogens is 3. The maximum absolute atomic E-state index is 12.5. The molecule has 3 rings (SSSR count). The van der Waals surface area contributed by atoms with E-state index in [1.165, 1.54) is 16.9 Å². The summed E-state index contributed by atoms with van der Waals surface area (Å²) < 4.78 is 27.3. The number of nitrogens with zero attached hydrogens (tertiary/aromatic N) is 3. The third-order valence-electron chi connectivity index (χ3n) is 3.50. The molecule has 2 heterocycles. The van der Waals surface area contributed by atoms with Crippen LogP contribution >= 0.6 is 15.9 Å². The van der Waals surface area contributed by atoms with Crippen molar-refractivity contribution in [3.63, 3.8) is 0 Å². The van der Waals surface area contributed by atoms with Crippen LogP contribution in [0.15, 0.2) is 53.4 Å². The number of hydrogen-bond donors (Lipinski definition) is 2. The third kappa shape index (κ3) is 4.92. The Balaban J connectivity index is 1.81. The molecule has 0 unspecified atom stereocenters. The van der Waals surface area contributed by atoms with Crippen LogP contribution in [0.5, 0.6) is 0 Å². The Morgan fingerprint density at radius 1 is 1.22 bits per heavy atom. The molecule has 1 amide bonds. The van der Waals surface area contributed by atoms with E-state index in [0.717, 1.165) is 11.8 Å². The molecule has 0 aliphatic rings. The van der Waals surface area contributed by atoms with Crippen molar-refractivity contribution in [2.45, 2.75) is 6.92 Å². The second-order valence-electron chi connectivity index (χ2n) is 5.87. The van der Waals surface area contributed by atoms with Gasteiger partial charge in [0.15, 0.2) is 5.82 Å². The largest absolute Gasteiger partial charge is 0.322 e. The number of halogens is 1. The average molecular weight is 450 g/mol. The van der Waals surface area contributed by atoms with Crippen molar-refractivity contribution in [1.82, 2.24) is 14.8 Å². The van der Waals surface area contributed by atoms with E-state index in [9.17, 15) is 13.2 Å². The summed E-state index contributed by atoms with van der Waals surface area (Å²) in [5, 5.41) is 6.91. The number of pyridine rings is 1. The zero-order valence-electron chi connectivity index (χ0n) is 14.5. The summed E-state index contributed by atoms with van der Waals surface area (Å²) in [5.41, 5.74) is 2.04. The van der Waals surface area contributed by atoms with E-state index in [-0.39, 0.29) is 5.91 Å². The number of carbonyl (C=O) groups is 1. The summed E-state index contributed by atoms with van der Waals surface area (Å²) in [6, 6.07) is 8.52. The second kappa shape index (κ2) is 7.49. The van der Waals surface area contributed by atoms with Gasteiger partial charge in [-0.3, -0.25) is 9.52 Å². The van der Waals surface area contributed by atoms with Crippen LogP contribution in [0.25, 0.3) is 5.82 Å². The Hall–Kier alpha value is -2.72. The molecule has 8 nitrogen and oxygen atoms in total. The fraction of sp³-hybridized carbons (Fsp3) is 0.118. The maximum Gasteiger partial charge on any atom is 0.258 e. The van der Waals surface area contributed by atoms with Gasteiger partial charge in [0.1, 0.15) is 0 Å². The van der Waals surface area contributed by atoms with E-state index in [0.29, 0.717) is 27.2 Å². The maximum atomic E-state index is 12.5. The molecule has 0 aliphatic heterocycles. The molecule has 0 atom stereocenters. The van der Waals surface area contributed by atoms with Gasteiger partial charge in [-0.25, -0.2) is 18.1 Å². The number of hydrogen-bond acceptors (Lipinski definition) is 5. The van der Waals surface area contributed by atoms with Crippen LogP contribution in [0.2, 0.25) is 0 Å². The van der Waals surface area contributed by atoms with E-state index in [1.807, 2.05) is 19.1 Å². The lowest BCUT2D eigenvalue weighted by Crippen LogP contribution is -2.13. The lowest BCUT2D eigenvalue weighted by Gasteiger charge is -2.09. The number of benzene rings is 1. The van der Waals surface area contributed by atoms with Crippen molar-refractivity contribution in [2.75, 3.05) is 16.3 Å². The molecule has 10 heteroatoms. The Morgan fingerprint density at radius 3 is 2.67 bits per heavy atom. The molecule has 1 aromatic carbocycles. The number of rotatable bonds is 5. The topological polar surface area (TPSA) is 106 Å². The van der Waals surface area contributed by atoms with Gasteiger partial charge >= 0.3 is 0 Å². The van der Waals surface area contributed by atoms with E-state index in [1.54, 1.807) is 24.5 Å². The van der Waals surface area contributed by atoms with E-state index >= 15 is 0 Å². The van der Waals surface area contributed by atoms with Crippen LogP contribution in [0.4, 0.5) is 11.4 Å². The molecular weight excluding hydrogens is 434 g/mol. The van der Waals surface area contributed by atoms with Crippen LogP contribution in [0.1, 0.15) is 15.9 Å². The van der Waals surface area contributed by atoms with Gasteiger partial charge in [-0.2, -0.15) is 5.10 Å². The summed E-state index contributed by atoms with van der Waals surface area (Å²) in [6.45, 7) is 1.90. The van der Waals surface area contributed by atoms with Crippen molar-refractivity contribution < 1.29 is 13.2 Å². The summed E-state index contributed by atoms with van der Waals surface area (Å²) in [7, 11) is -3.43. The Kier molecular flexibility index (Phi) is 5.29. The monoisotopic (exact) mass is 449 g/mol. The highest BCUT2D eigenvalue weighted by Crippen LogP contribution is 2.24. The van der Waals surface area contributed by atoms with Gasteiger partial charge in [0.25, 0.3) is 5.91 Å². The molecule has 0 spiro atoms. The zero-order valence-corrected chi connectivity index (χ0v) is 16.9. The first-order valence-electron chi connectivity index (χ1n) is 7.78. The minimum Gasteiger partial charge on any atom is -0.322 e. The molecule has 140 valence electrons. The van der Waals surface area contributed by atoms with Crippen LogP contribution in [-0.4, -0.2) is 35.3 Å². The van der Waals surface area contributed by atoms with Crippen LogP contribution in [0.3, 0.4) is 0 Å². The molecular formula is C17H16BrN5O3S. The van der Waals surface area contributed by atoms with Gasteiger partial charge < -0.3 is 5.32 Å². The molecule has 0 fully saturated rings. The number of anilines is 2. The first kappa shape index (κ1) is 19.1. The third-order valence-corrected chi connectivity index (χ3v) is 4.57. The van der Waals surface area contributed by atoms with Crippen LogP contribution < -0.4 is 10.0 Å². The summed E-state index contributed by atoms with van der Waals surface area (Å²) in [6.07, 6.45) is 5.73. The Bertz CT molecular complexity index is 1110. The summed E-state index contributed by atoms with van der Waals surface area (Å²) in [5.74, 6) is 0.261. The fourth-order valence-corrected chi connectivity index (χ4v) is 3.45. The van der Waals surface area contributed by atoms with Gasteiger partial charge in [0.2, 0.25) is 10.0 Å². The van der Waals surface area contributed by atoms with Crippen molar-refractivity contribution in [1.29, 1.82) is 0 Å². The fourth-order valence-electron chi connectivity index (χ4n) is 2.41. The van der Waals surface area contributed by atoms with Crippen molar-refractivity contribution in [2.24, 2.45) is 0 Å². The molecule has 0 aliphatic carbocycles. The number of amides is 1. The van der Waals surface area contributed by atoms with Crippen molar-refractivity contribution >= 4 is 43.2 Å². The van der Waals surface area contributed by atoms with Gasteiger partial charge in [0.05, 0.1) is 23.7 Å². The molecule has 0 radical (unpaired) electrons. The summed E-state index contributed by atoms with van der Waals surface area (Å²) >= 11 is 3.30. The van der Waals surface area contributed by atoms with E-state index < -0.39 is 10.0 Å². The SMILES string of the molecule is Cc1cccnc1-n1cc(C(=O)Nc2cc(Br)cc(NS(C)(=O)=O)c2)cn1. The predicted octanol–water partition coefficient (Wildman–Crippen LogP) is 2.96. The Labute approximate surface area is 164 Å². The molecule has 27 heavy (non-hydrogen) atoms. The Morgan fingerprint density at radius 2 is 1.96 bits per heavy atom. The first-order valence-corrected chi connectivity index (χ1v) is 10.5. The number of carbonyl (C=O) groups excluding carboxylic acids is 1. The number of sulfonamides is 1. The minimum absolute atomic E-state index is 0.335. The lowest BCUT2D eigenvalue weighted by molar-refractivity contribution is 0.102. The predicted molar refractivity (Wildman–Crippen MR) is 107 cm³/mol. The molecule has 0 saturated heterocycles. The smallest absolute Gasteiger partial charge is 0.258 e. The van der Waals surface area contributed by atoms with E-state index in [2.05, 4.69) is 36.1 Å². The number of aryl methyl sites for hydroxylation is 1. The first-order chi connectivity index (χ1) is 12.7. The highest BCUT2D eigenvalue weighted by atomic mass is 79.9. The minimum atomic E-state index is -3.43. The van der Waals surface area contributed by atoms with Crippen molar-refractivity contribution in [3.8, 4) is 5.82 Å². The molecule has 0 saturated carbocycles. The van der Waals surface area contributed by atoms with Crippen LogP contribution in [-0.2, 0) is 10.0 Å². The molecule has 3 aromatic rings. The quantitative estimate of drug-likeness (QED) is 0.622. The van der Waals surface area contributed by atoms with Crippen LogP contribution in [0, 0.1) is 6.92 Å². The summed E-state index contributed by atoms with van der Waals surface area (Å²) in [4.78, 5) is 16.8. The van der Waals surface area contributed by atoms with Gasteiger partial charge in [-0.15, -0.1) is 0 Å². The number of nitrogens with one attached hydrogen (secondary N) is 2. The van der Waals surface area contributed by atoms with Gasteiger partial charge in [-0.1, -0.05) is 22.0 Å². The average Bonchev–Trinajstić information content (AvgIpc) is 3.03. The van der Waals surface area contributed by atoms with E-state index in [4.69, 9.17) is 0 Å². The highest BCUT2D eigenvalue weighted by Gasteiger charge is 2.13. The molecule has 2 aromatic heterocycles. The highest BCUT2D eigenvalue weighted by molar-refractivity contribution is 9.10. The van der Waals surface area contributed by atoms with Gasteiger partial charge in [0, 0.05) is 22.6 Å². The lowest BCUT2D eigenvalue weighted by atomic mass is 10.2. The second-order valence-corrected chi connectivity index (χ2v) is 8.54. The normalized spacial score (nSPS) is 11.2. The molecule has 2 N–H and O–H groups in total. The van der Waals surface area contributed by atoms with Crippen molar-refractivity contribution in [3.05, 3.63) is 64.5 Å². The zero-order chi connectivity index (χ0) is 19.6. The molecule has 0 bridgehead atoms.